The fourth-order valence-corrected chi connectivity index (χ4v) is 1.24. The van der Waals surface area contributed by atoms with Crippen molar-refractivity contribution in [1.82, 2.24) is 0 Å². The number of hydrogen-bond acceptors (Lipinski definition) is 3. The number of aliphatic hydroxyl groups is 1. The third-order valence-corrected chi connectivity index (χ3v) is 1.79. The van der Waals surface area contributed by atoms with Gasteiger partial charge in [-0.2, -0.15) is 0 Å². The fourth-order valence-electron chi connectivity index (χ4n) is 1.24. The Morgan fingerprint density at radius 1 is 1.44 bits per heavy atom. The lowest BCUT2D eigenvalue weighted by molar-refractivity contribution is -0.0156. The van der Waals surface area contributed by atoms with E-state index in [1.165, 1.54) is 0 Å². The number of hydrogen-bond donors (Lipinski definition) is 2. The van der Waals surface area contributed by atoms with Crippen molar-refractivity contribution in [2.75, 3.05) is 0 Å². The zero-order valence-corrected chi connectivity index (χ0v) is 5.42. The van der Waals surface area contributed by atoms with Crippen LogP contribution in [0.2, 0.25) is 0 Å². The summed E-state index contributed by atoms with van der Waals surface area (Å²) in [6, 6.07) is 0. The minimum absolute atomic E-state index is 0.0914. The summed E-state index contributed by atoms with van der Waals surface area (Å²) in [6.07, 6.45) is 3.54. The highest BCUT2D eigenvalue weighted by atomic mass is 16.6. The molecule has 3 nitrogen and oxygen atoms in total. The quantitative estimate of drug-likeness (QED) is 0.499. The largest absolute Gasteiger partial charge is 0.393 e. The fraction of sp³-hybridized carbons (Fsp3) is 1.00. The molecular weight excluding hydrogens is 118 g/mol. The van der Waals surface area contributed by atoms with Crippen LogP contribution in [0, 0.1) is 0 Å². The first-order valence-corrected chi connectivity index (χ1v) is 3.36. The summed E-state index contributed by atoms with van der Waals surface area (Å²) in [5, 5.41) is 9.08. The van der Waals surface area contributed by atoms with E-state index in [0.29, 0.717) is 6.42 Å². The monoisotopic (exact) mass is 131 g/mol. The van der Waals surface area contributed by atoms with Crippen molar-refractivity contribution in [2.24, 2.45) is 5.90 Å². The highest BCUT2D eigenvalue weighted by Crippen LogP contribution is 2.19. The van der Waals surface area contributed by atoms with E-state index in [-0.39, 0.29) is 12.2 Å². The molecule has 2 atom stereocenters. The van der Waals surface area contributed by atoms with Gasteiger partial charge < -0.3 is 9.94 Å². The van der Waals surface area contributed by atoms with Crippen LogP contribution in [0.1, 0.15) is 25.7 Å². The molecule has 3 heteroatoms. The zero-order valence-electron chi connectivity index (χ0n) is 5.42. The number of aliphatic hydroxyl groups excluding tert-OH is 1. The van der Waals surface area contributed by atoms with Crippen molar-refractivity contribution < 1.29 is 9.94 Å². The molecule has 0 aromatic heterocycles. The molecule has 0 aliphatic heterocycles. The molecule has 2 unspecified atom stereocenters. The lowest BCUT2D eigenvalue weighted by atomic mass is 9.95. The molecule has 54 valence electrons. The van der Waals surface area contributed by atoms with Gasteiger partial charge in [0.2, 0.25) is 0 Å². The summed E-state index contributed by atoms with van der Waals surface area (Å²) < 4.78 is 0. The van der Waals surface area contributed by atoms with E-state index in [2.05, 4.69) is 4.84 Å². The third kappa shape index (κ3) is 1.93. The van der Waals surface area contributed by atoms with Gasteiger partial charge in [0.25, 0.3) is 0 Å². The van der Waals surface area contributed by atoms with Crippen molar-refractivity contribution in [3.8, 4) is 0 Å². The SMILES string of the molecule is NOC1CCCC(O)C1. The summed E-state index contributed by atoms with van der Waals surface area (Å²) in [4.78, 5) is 4.60. The van der Waals surface area contributed by atoms with E-state index in [1.807, 2.05) is 0 Å². The molecule has 9 heavy (non-hydrogen) atoms. The smallest absolute Gasteiger partial charge is 0.0812 e. The van der Waals surface area contributed by atoms with Gasteiger partial charge in [0, 0.05) is 6.42 Å². The highest BCUT2D eigenvalue weighted by molar-refractivity contribution is 4.71. The summed E-state index contributed by atoms with van der Waals surface area (Å²) in [5.41, 5.74) is 0. The van der Waals surface area contributed by atoms with Crippen molar-refractivity contribution >= 4 is 0 Å². The van der Waals surface area contributed by atoms with Gasteiger partial charge in [-0.3, -0.25) is 0 Å². The first-order valence-electron chi connectivity index (χ1n) is 3.36. The van der Waals surface area contributed by atoms with Crippen LogP contribution in [0.5, 0.6) is 0 Å². The summed E-state index contributed by atoms with van der Waals surface area (Å²) in [6.45, 7) is 0. The molecule has 0 spiro atoms. The first kappa shape index (κ1) is 6.99. The van der Waals surface area contributed by atoms with E-state index < -0.39 is 0 Å². The molecule has 1 aliphatic carbocycles. The minimum atomic E-state index is -0.188. The molecule has 1 fully saturated rings. The van der Waals surface area contributed by atoms with E-state index in [4.69, 9.17) is 11.0 Å². The van der Waals surface area contributed by atoms with Crippen molar-refractivity contribution in [3.63, 3.8) is 0 Å². The molecule has 1 rings (SSSR count). The van der Waals surface area contributed by atoms with Gasteiger partial charge in [-0.05, 0) is 19.3 Å². The first-order chi connectivity index (χ1) is 4.33. The minimum Gasteiger partial charge on any atom is -0.393 e. The molecule has 1 saturated carbocycles. The molecule has 0 saturated heterocycles. The van der Waals surface area contributed by atoms with Gasteiger partial charge in [-0.15, -0.1) is 0 Å². The molecule has 0 bridgehead atoms. The van der Waals surface area contributed by atoms with E-state index in [9.17, 15) is 0 Å². The molecule has 0 amide bonds. The highest BCUT2D eigenvalue weighted by Gasteiger charge is 2.19. The van der Waals surface area contributed by atoms with Gasteiger partial charge in [0.15, 0.2) is 0 Å². The third-order valence-electron chi connectivity index (χ3n) is 1.79. The van der Waals surface area contributed by atoms with Crippen LogP contribution < -0.4 is 5.90 Å². The lowest BCUT2D eigenvalue weighted by Crippen LogP contribution is -2.27. The molecule has 0 aromatic rings. The van der Waals surface area contributed by atoms with Crippen LogP contribution in [0.25, 0.3) is 0 Å². The molecule has 0 heterocycles. The second-order valence-corrected chi connectivity index (χ2v) is 2.58. The van der Waals surface area contributed by atoms with Crippen molar-refractivity contribution in [3.05, 3.63) is 0 Å². The standard InChI is InChI=1S/C6H13NO2/c7-9-6-3-1-2-5(8)4-6/h5-6,8H,1-4,7H2. The van der Waals surface area contributed by atoms with Crippen molar-refractivity contribution in [2.45, 2.75) is 37.9 Å². The number of nitrogens with two attached hydrogens (primary N) is 1. The Hall–Kier alpha value is -0.120. The summed E-state index contributed by atoms with van der Waals surface area (Å²) in [7, 11) is 0. The topological polar surface area (TPSA) is 55.5 Å². The van der Waals surface area contributed by atoms with Gasteiger partial charge in [0.1, 0.15) is 0 Å². The second kappa shape index (κ2) is 3.15. The Morgan fingerprint density at radius 3 is 2.67 bits per heavy atom. The van der Waals surface area contributed by atoms with E-state index in [0.717, 1.165) is 19.3 Å². The predicted octanol–water partition coefficient (Wildman–Crippen LogP) is 0.180. The van der Waals surface area contributed by atoms with Crippen LogP contribution in [-0.4, -0.2) is 17.3 Å². The van der Waals surface area contributed by atoms with Crippen LogP contribution in [-0.2, 0) is 4.84 Å². The molecule has 1 aliphatic rings. The van der Waals surface area contributed by atoms with Gasteiger partial charge in [0.05, 0.1) is 12.2 Å². The molecule has 0 aromatic carbocycles. The lowest BCUT2D eigenvalue weighted by Gasteiger charge is -2.23. The Balaban J connectivity index is 2.23. The van der Waals surface area contributed by atoms with Gasteiger partial charge in [-0.1, -0.05) is 0 Å². The normalized spacial score (nSPS) is 36.7. The molecule has 3 N–H and O–H groups in total. The van der Waals surface area contributed by atoms with Crippen LogP contribution in [0.3, 0.4) is 0 Å². The van der Waals surface area contributed by atoms with Gasteiger partial charge >= 0.3 is 0 Å². The Bertz CT molecular complexity index is 87.1. The average Bonchev–Trinajstić information content (AvgIpc) is 1.88. The van der Waals surface area contributed by atoms with Crippen molar-refractivity contribution in [1.29, 1.82) is 0 Å². The van der Waals surface area contributed by atoms with Gasteiger partial charge in [-0.25, -0.2) is 5.90 Å². The maximum Gasteiger partial charge on any atom is 0.0812 e. The van der Waals surface area contributed by atoms with Crippen LogP contribution >= 0.6 is 0 Å². The zero-order chi connectivity index (χ0) is 6.69. The van der Waals surface area contributed by atoms with Crippen LogP contribution in [0.15, 0.2) is 0 Å². The number of rotatable bonds is 1. The Kier molecular flexibility index (Phi) is 2.45. The van der Waals surface area contributed by atoms with E-state index in [1.54, 1.807) is 0 Å². The molecular formula is C6H13NO2. The van der Waals surface area contributed by atoms with E-state index >= 15 is 0 Å². The second-order valence-electron chi connectivity index (χ2n) is 2.58. The summed E-state index contributed by atoms with van der Waals surface area (Å²) in [5.74, 6) is 4.95. The Morgan fingerprint density at radius 2 is 2.22 bits per heavy atom. The maximum absolute atomic E-state index is 9.08. The average molecular weight is 131 g/mol. The Labute approximate surface area is 54.8 Å². The summed E-state index contributed by atoms with van der Waals surface area (Å²) >= 11 is 0. The van der Waals surface area contributed by atoms with Crippen LogP contribution in [0.4, 0.5) is 0 Å². The maximum atomic E-state index is 9.08. The predicted molar refractivity (Wildman–Crippen MR) is 33.5 cm³/mol. The molecule has 0 radical (unpaired) electrons.